The molecule has 3 heteroatoms. The molecule has 0 atom stereocenters. The third-order valence-electron chi connectivity index (χ3n) is 3.57. The van der Waals surface area contributed by atoms with Gasteiger partial charge in [0.1, 0.15) is 5.82 Å². The van der Waals surface area contributed by atoms with Gasteiger partial charge in [-0.05, 0) is 31.4 Å². The molecule has 0 fully saturated rings. The van der Waals surface area contributed by atoms with Crippen molar-refractivity contribution in [3.8, 4) is 0 Å². The van der Waals surface area contributed by atoms with Crippen molar-refractivity contribution in [1.29, 1.82) is 0 Å². The average molecular weight is 246 g/mol. The van der Waals surface area contributed by atoms with Gasteiger partial charge in [-0.15, -0.1) is 0 Å². The molecule has 0 saturated carbocycles. The van der Waals surface area contributed by atoms with Crippen LogP contribution < -0.4 is 0 Å². The summed E-state index contributed by atoms with van der Waals surface area (Å²) in [4.78, 5) is 4.79. The molecule has 1 aromatic carbocycles. The van der Waals surface area contributed by atoms with Gasteiger partial charge in [-0.2, -0.15) is 0 Å². The molecule has 0 saturated heterocycles. The van der Waals surface area contributed by atoms with Gasteiger partial charge in [-0.3, -0.25) is 0 Å². The molecular formula is C15H22N2O. The number of nitrogens with zero attached hydrogens (tertiary/aromatic N) is 2. The van der Waals surface area contributed by atoms with Crippen molar-refractivity contribution in [1.82, 2.24) is 9.55 Å². The van der Waals surface area contributed by atoms with Crippen LogP contribution in [0.5, 0.6) is 0 Å². The molecule has 0 spiro atoms. The summed E-state index contributed by atoms with van der Waals surface area (Å²) in [6.45, 7) is 5.51. The van der Waals surface area contributed by atoms with Crippen LogP contribution in [0, 0.1) is 0 Å². The number of aromatic nitrogens is 2. The molecule has 1 N–H and O–H groups in total. The number of hydrogen-bond donors (Lipinski definition) is 1. The third-order valence-corrected chi connectivity index (χ3v) is 3.57. The summed E-state index contributed by atoms with van der Waals surface area (Å²) in [7, 11) is 0. The predicted molar refractivity (Wildman–Crippen MR) is 74.8 cm³/mol. The number of aryl methyl sites for hydroxylation is 1. The molecule has 18 heavy (non-hydrogen) atoms. The number of benzene rings is 1. The van der Waals surface area contributed by atoms with Gasteiger partial charge in [0, 0.05) is 19.1 Å². The Bertz CT molecular complexity index is 500. The first-order valence-electron chi connectivity index (χ1n) is 6.87. The molecule has 0 amide bonds. The highest BCUT2D eigenvalue weighted by molar-refractivity contribution is 5.76. The Balaban J connectivity index is 2.48. The van der Waals surface area contributed by atoms with Crippen LogP contribution in [0.15, 0.2) is 24.3 Å². The zero-order chi connectivity index (χ0) is 13.0. The molecular weight excluding hydrogens is 224 g/mol. The highest BCUT2D eigenvalue weighted by atomic mass is 16.3. The number of fused-ring (bicyclic) bond motifs is 1. The number of aliphatic hydroxyl groups excluding tert-OH is 1. The fourth-order valence-electron chi connectivity index (χ4n) is 2.52. The first-order valence-corrected chi connectivity index (χ1v) is 6.87. The second-order valence-corrected chi connectivity index (χ2v) is 4.70. The van der Waals surface area contributed by atoms with Gasteiger partial charge in [0.2, 0.25) is 0 Å². The van der Waals surface area contributed by atoms with E-state index in [0.29, 0.717) is 5.92 Å². The Morgan fingerprint density at radius 3 is 2.61 bits per heavy atom. The molecule has 2 rings (SSSR count). The lowest BCUT2D eigenvalue weighted by Gasteiger charge is -2.15. The molecule has 0 aliphatic heterocycles. The summed E-state index contributed by atoms with van der Waals surface area (Å²) in [6.07, 6.45) is 3.01. The minimum atomic E-state index is 0.231. The Hall–Kier alpha value is -1.35. The predicted octanol–water partition coefficient (Wildman–Crippen LogP) is 3.32. The van der Waals surface area contributed by atoms with Gasteiger partial charge in [0.25, 0.3) is 0 Å². The van der Waals surface area contributed by atoms with E-state index in [9.17, 15) is 0 Å². The third kappa shape index (κ3) is 2.41. The van der Waals surface area contributed by atoms with Gasteiger partial charge >= 0.3 is 0 Å². The van der Waals surface area contributed by atoms with Gasteiger partial charge in [0.15, 0.2) is 0 Å². The second kappa shape index (κ2) is 6.01. The van der Waals surface area contributed by atoms with Crippen molar-refractivity contribution >= 4 is 11.0 Å². The number of imidazole rings is 1. The van der Waals surface area contributed by atoms with Crippen molar-refractivity contribution in [2.24, 2.45) is 0 Å². The quantitative estimate of drug-likeness (QED) is 0.849. The number of hydrogen-bond acceptors (Lipinski definition) is 2. The van der Waals surface area contributed by atoms with E-state index in [0.717, 1.165) is 31.3 Å². The van der Waals surface area contributed by atoms with Gasteiger partial charge in [0.05, 0.1) is 11.0 Å². The maximum atomic E-state index is 9.05. The molecule has 2 aromatic rings. The first-order chi connectivity index (χ1) is 8.81. The summed E-state index contributed by atoms with van der Waals surface area (Å²) in [5.41, 5.74) is 2.25. The Morgan fingerprint density at radius 1 is 1.22 bits per heavy atom. The lowest BCUT2D eigenvalue weighted by atomic mass is 10.0. The molecule has 1 aromatic heterocycles. The number of para-hydroxylation sites is 2. The Kier molecular flexibility index (Phi) is 4.37. The minimum absolute atomic E-state index is 0.231. The van der Waals surface area contributed by atoms with E-state index in [4.69, 9.17) is 10.1 Å². The summed E-state index contributed by atoms with van der Waals surface area (Å²) in [5, 5.41) is 9.05. The molecule has 0 bridgehead atoms. The van der Waals surface area contributed by atoms with E-state index in [1.165, 1.54) is 11.3 Å². The van der Waals surface area contributed by atoms with Crippen molar-refractivity contribution in [3.63, 3.8) is 0 Å². The van der Waals surface area contributed by atoms with Crippen molar-refractivity contribution in [2.45, 2.75) is 45.6 Å². The maximum Gasteiger partial charge on any atom is 0.112 e. The SMILES string of the molecule is CCC(CC)c1nc2ccccc2n1CCCO. The maximum absolute atomic E-state index is 9.05. The topological polar surface area (TPSA) is 38.0 Å². The fourth-order valence-corrected chi connectivity index (χ4v) is 2.52. The first kappa shape index (κ1) is 13.1. The highest BCUT2D eigenvalue weighted by Gasteiger charge is 2.16. The van der Waals surface area contributed by atoms with Gasteiger partial charge < -0.3 is 9.67 Å². The molecule has 98 valence electrons. The summed E-state index contributed by atoms with van der Waals surface area (Å²) in [5.74, 6) is 1.69. The molecule has 0 radical (unpaired) electrons. The van der Waals surface area contributed by atoms with Gasteiger partial charge in [-0.1, -0.05) is 26.0 Å². The largest absolute Gasteiger partial charge is 0.396 e. The second-order valence-electron chi connectivity index (χ2n) is 4.70. The normalized spacial score (nSPS) is 11.6. The summed E-state index contributed by atoms with van der Waals surface area (Å²) >= 11 is 0. The van der Waals surface area contributed by atoms with E-state index in [1.54, 1.807) is 0 Å². The monoisotopic (exact) mass is 246 g/mol. The van der Waals surface area contributed by atoms with Crippen LogP contribution in [0.3, 0.4) is 0 Å². The molecule has 0 aliphatic carbocycles. The molecule has 3 nitrogen and oxygen atoms in total. The van der Waals surface area contributed by atoms with Crippen LogP contribution in [0.1, 0.15) is 44.9 Å². The number of aliphatic hydroxyl groups is 1. The van der Waals surface area contributed by atoms with Crippen LogP contribution in [0.4, 0.5) is 0 Å². The molecule has 1 heterocycles. The van der Waals surface area contributed by atoms with Crippen LogP contribution in [-0.2, 0) is 6.54 Å². The lowest BCUT2D eigenvalue weighted by Crippen LogP contribution is -2.09. The summed E-state index contributed by atoms with van der Waals surface area (Å²) < 4.78 is 2.28. The van der Waals surface area contributed by atoms with E-state index in [-0.39, 0.29) is 6.61 Å². The highest BCUT2D eigenvalue weighted by Crippen LogP contribution is 2.26. The average Bonchev–Trinajstić information content (AvgIpc) is 2.76. The number of rotatable bonds is 6. The standard InChI is InChI=1S/C15H22N2O/c1-3-12(4-2)15-16-13-8-5-6-9-14(13)17(15)10-7-11-18/h5-6,8-9,12,18H,3-4,7,10-11H2,1-2H3. The van der Waals surface area contributed by atoms with E-state index in [2.05, 4.69) is 36.6 Å². The Morgan fingerprint density at radius 2 is 1.94 bits per heavy atom. The summed E-state index contributed by atoms with van der Waals surface area (Å²) in [6, 6.07) is 8.26. The van der Waals surface area contributed by atoms with Crippen molar-refractivity contribution in [2.75, 3.05) is 6.61 Å². The van der Waals surface area contributed by atoms with E-state index >= 15 is 0 Å². The van der Waals surface area contributed by atoms with Crippen molar-refractivity contribution < 1.29 is 5.11 Å². The van der Waals surface area contributed by atoms with Crippen molar-refractivity contribution in [3.05, 3.63) is 30.1 Å². The van der Waals surface area contributed by atoms with Crippen LogP contribution >= 0.6 is 0 Å². The molecule has 0 unspecified atom stereocenters. The fraction of sp³-hybridized carbons (Fsp3) is 0.533. The van der Waals surface area contributed by atoms with Crippen LogP contribution in [0.25, 0.3) is 11.0 Å². The van der Waals surface area contributed by atoms with Crippen LogP contribution in [0.2, 0.25) is 0 Å². The molecule has 0 aliphatic rings. The minimum Gasteiger partial charge on any atom is -0.396 e. The van der Waals surface area contributed by atoms with E-state index < -0.39 is 0 Å². The zero-order valence-corrected chi connectivity index (χ0v) is 11.3. The Labute approximate surface area is 108 Å². The smallest absolute Gasteiger partial charge is 0.112 e. The zero-order valence-electron chi connectivity index (χ0n) is 11.3. The lowest BCUT2D eigenvalue weighted by molar-refractivity contribution is 0.279. The van der Waals surface area contributed by atoms with Crippen LogP contribution in [-0.4, -0.2) is 21.3 Å². The van der Waals surface area contributed by atoms with E-state index in [1.807, 2.05) is 6.07 Å². The van der Waals surface area contributed by atoms with Gasteiger partial charge in [-0.25, -0.2) is 4.98 Å².